The number of aromatic hydroxyl groups is 2. The third kappa shape index (κ3) is 1.88. The molecule has 0 radical (unpaired) electrons. The summed E-state index contributed by atoms with van der Waals surface area (Å²) < 4.78 is 11.7. The number of benzene rings is 1. The molecule has 0 amide bonds. The Morgan fingerprint density at radius 3 is 1.76 bits per heavy atom. The lowest BCUT2D eigenvalue weighted by Gasteiger charge is -2.33. The third-order valence-corrected chi connectivity index (χ3v) is 3.49. The van der Waals surface area contributed by atoms with Crippen molar-refractivity contribution in [3.8, 4) is 23.0 Å². The predicted molar refractivity (Wildman–Crippen MR) is 61.7 cm³/mol. The zero-order chi connectivity index (χ0) is 11.8. The van der Waals surface area contributed by atoms with Gasteiger partial charge in [0.15, 0.2) is 23.0 Å². The number of phenolic OH excluding ortho intramolecular Hbond substituents is 2. The van der Waals surface area contributed by atoms with E-state index in [1.54, 1.807) is 0 Å². The molecule has 4 heteroatoms. The van der Waals surface area contributed by atoms with Crippen LogP contribution in [0.25, 0.3) is 0 Å². The second-order valence-electron chi connectivity index (χ2n) is 4.74. The molecule has 1 fully saturated rings. The van der Waals surface area contributed by atoms with Gasteiger partial charge in [-0.05, 0) is 25.7 Å². The second-order valence-corrected chi connectivity index (χ2v) is 4.74. The van der Waals surface area contributed by atoms with Crippen LogP contribution >= 0.6 is 0 Å². The molecule has 1 heterocycles. The summed E-state index contributed by atoms with van der Waals surface area (Å²) in [6.07, 6.45) is 5.67. The van der Waals surface area contributed by atoms with E-state index in [9.17, 15) is 10.2 Å². The Morgan fingerprint density at radius 2 is 1.29 bits per heavy atom. The van der Waals surface area contributed by atoms with Crippen molar-refractivity contribution in [3.63, 3.8) is 0 Å². The summed E-state index contributed by atoms with van der Waals surface area (Å²) in [6.45, 7) is 0. The van der Waals surface area contributed by atoms with E-state index in [-0.39, 0.29) is 23.7 Å². The van der Waals surface area contributed by atoms with E-state index < -0.39 is 0 Å². The molecule has 1 saturated carbocycles. The van der Waals surface area contributed by atoms with Crippen LogP contribution in [0.5, 0.6) is 23.0 Å². The van der Waals surface area contributed by atoms with E-state index in [1.165, 1.54) is 18.6 Å². The van der Waals surface area contributed by atoms with Gasteiger partial charge in [0.25, 0.3) is 0 Å². The monoisotopic (exact) mass is 236 g/mol. The molecule has 1 aromatic rings. The van der Waals surface area contributed by atoms with E-state index in [1.807, 2.05) is 0 Å². The fourth-order valence-corrected chi connectivity index (χ4v) is 2.56. The average Bonchev–Trinajstić information content (AvgIpc) is 2.53. The summed E-state index contributed by atoms with van der Waals surface area (Å²) in [6, 6.07) is 2.84. The Labute approximate surface area is 99.8 Å². The van der Waals surface area contributed by atoms with E-state index >= 15 is 0 Å². The topological polar surface area (TPSA) is 58.9 Å². The van der Waals surface area contributed by atoms with Gasteiger partial charge < -0.3 is 19.7 Å². The van der Waals surface area contributed by atoms with Crippen LogP contribution in [0.4, 0.5) is 0 Å². The molecule has 3 rings (SSSR count). The van der Waals surface area contributed by atoms with Gasteiger partial charge in [-0.25, -0.2) is 0 Å². The minimum absolute atomic E-state index is 0.0777. The van der Waals surface area contributed by atoms with Crippen LogP contribution in [-0.2, 0) is 0 Å². The van der Waals surface area contributed by atoms with Crippen molar-refractivity contribution in [2.75, 3.05) is 0 Å². The van der Waals surface area contributed by atoms with Gasteiger partial charge in [0.1, 0.15) is 12.2 Å². The zero-order valence-corrected chi connectivity index (χ0v) is 9.56. The molecule has 17 heavy (non-hydrogen) atoms. The maximum atomic E-state index is 9.44. The largest absolute Gasteiger partial charge is 0.504 e. The molecule has 0 bridgehead atoms. The SMILES string of the molecule is Oc1cc2c(cc1O)O[C@@H]1CCCCC[C@@H]1O2. The highest BCUT2D eigenvalue weighted by Gasteiger charge is 2.33. The van der Waals surface area contributed by atoms with Crippen LogP contribution in [0.1, 0.15) is 32.1 Å². The Morgan fingerprint density at radius 1 is 0.824 bits per heavy atom. The Bertz CT molecular complexity index is 391. The molecular formula is C13H16O4. The van der Waals surface area contributed by atoms with Crippen molar-refractivity contribution in [1.29, 1.82) is 0 Å². The molecule has 92 valence electrons. The second kappa shape index (κ2) is 4.02. The van der Waals surface area contributed by atoms with E-state index in [0.29, 0.717) is 11.5 Å². The van der Waals surface area contributed by atoms with Crippen molar-refractivity contribution in [1.82, 2.24) is 0 Å². The van der Waals surface area contributed by atoms with Crippen molar-refractivity contribution >= 4 is 0 Å². The molecule has 1 aliphatic carbocycles. The first-order chi connectivity index (χ1) is 8.24. The van der Waals surface area contributed by atoms with E-state index in [0.717, 1.165) is 25.7 Å². The molecule has 0 spiro atoms. The van der Waals surface area contributed by atoms with Crippen LogP contribution in [0.15, 0.2) is 12.1 Å². The van der Waals surface area contributed by atoms with Gasteiger partial charge in [0, 0.05) is 12.1 Å². The normalized spacial score (nSPS) is 27.1. The molecular weight excluding hydrogens is 220 g/mol. The summed E-state index contributed by atoms with van der Waals surface area (Å²) in [4.78, 5) is 0. The summed E-state index contributed by atoms with van der Waals surface area (Å²) >= 11 is 0. The van der Waals surface area contributed by atoms with Crippen molar-refractivity contribution in [2.45, 2.75) is 44.3 Å². The van der Waals surface area contributed by atoms with Crippen LogP contribution < -0.4 is 9.47 Å². The number of phenols is 2. The van der Waals surface area contributed by atoms with Crippen LogP contribution in [0, 0.1) is 0 Å². The minimum Gasteiger partial charge on any atom is -0.504 e. The lowest BCUT2D eigenvalue weighted by Crippen LogP contribution is -2.38. The van der Waals surface area contributed by atoms with Gasteiger partial charge in [-0.3, -0.25) is 0 Å². The summed E-state index contributed by atoms with van der Waals surface area (Å²) in [5.41, 5.74) is 0. The van der Waals surface area contributed by atoms with Gasteiger partial charge in [-0.2, -0.15) is 0 Å². The highest BCUT2D eigenvalue weighted by atomic mass is 16.6. The number of rotatable bonds is 0. The predicted octanol–water partition coefficient (Wildman–Crippen LogP) is 2.57. The fourth-order valence-electron chi connectivity index (χ4n) is 2.56. The van der Waals surface area contributed by atoms with Crippen LogP contribution in [-0.4, -0.2) is 22.4 Å². The van der Waals surface area contributed by atoms with Crippen LogP contribution in [0.3, 0.4) is 0 Å². The van der Waals surface area contributed by atoms with Gasteiger partial charge in [-0.1, -0.05) is 6.42 Å². The maximum absolute atomic E-state index is 9.44. The van der Waals surface area contributed by atoms with E-state index in [4.69, 9.17) is 9.47 Å². The van der Waals surface area contributed by atoms with E-state index in [2.05, 4.69) is 0 Å². The first-order valence-electron chi connectivity index (χ1n) is 6.13. The molecule has 2 aliphatic rings. The van der Waals surface area contributed by atoms with Crippen molar-refractivity contribution in [3.05, 3.63) is 12.1 Å². The standard InChI is InChI=1S/C13H16O4/c14-8-6-12-13(7-9(8)15)17-11-5-3-1-2-4-10(11)16-12/h6-7,10-11,14-15H,1-5H2/t10-,11+. The number of ether oxygens (including phenoxy) is 2. The van der Waals surface area contributed by atoms with Gasteiger partial charge in [-0.15, -0.1) is 0 Å². The maximum Gasteiger partial charge on any atom is 0.165 e. The molecule has 0 saturated heterocycles. The Hall–Kier alpha value is -1.58. The smallest absolute Gasteiger partial charge is 0.165 e. The lowest BCUT2D eigenvalue weighted by molar-refractivity contribution is 0.0164. The molecule has 1 aliphatic heterocycles. The summed E-state index contributed by atoms with van der Waals surface area (Å²) in [5.74, 6) is 0.728. The minimum atomic E-state index is -0.167. The molecule has 2 atom stereocenters. The first-order valence-corrected chi connectivity index (χ1v) is 6.13. The van der Waals surface area contributed by atoms with Crippen LogP contribution in [0.2, 0.25) is 0 Å². The highest BCUT2D eigenvalue weighted by molar-refractivity contribution is 5.53. The average molecular weight is 236 g/mol. The van der Waals surface area contributed by atoms with Crippen molar-refractivity contribution in [2.24, 2.45) is 0 Å². The Balaban J connectivity index is 1.92. The lowest BCUT2D eigenvalue weighted by atomic mass is 10.1. The molecule has 0 unspecified atom stereocenters. The summed E-state index contributed by atoms with van der Waals surface area (Å²) in [5, 5.41) is 18.9. The van der Waals surface area contributed by atoms with Crippen molar-refractivity contribution < 1.29 is 19.7 Å². The number of hydrogen-bond donors (Lipinski definition) is 2. The third-order valence-electron chi connectivity index (χ3n) is 3.49. The van der Waals surface area contributed by atoms with Gasteiger partial charge >= 0.3 is 0 Å². The Kier molecular flexibility index (Phi) is 2.50. The highest BCUT2D eigenvalue weighted by Crippen LogP contribution is 2.43. The molecule has 0 aromatic heterocycles. The molecule has 2 N–H and O–H groups in total. The molecule has 4 nitrogen and oxygen atoms in total. The van der Waals surface area contributed by atoms with Gasteiger partial charge in [0.05, 0.1) is 0 Å². The van der Waals surface area contributed by atoms with Gasteiger partial charge in [0.2, 0.25) is 0 Å². The molecule has 1 aromatic carbocycles. The first kappa shape index (κ1) is 10.6. The quantitative estimate of drug-likeness (QED) is 0.680. The number of fused-ring (bicyclic) bond motifs is 2. The number of hydrogen-bond acceptors (Lipinski definition) is 4. The fraction of sp³-hybridized carbons (Fsp3) is 0.538. The zero-order valence-electron chi connectivity index (χ0n) is 9.56. The summed E-state index contributed by atoms with van der Waals surface area (Å²) in [7, 11) is 0.